The number of thioether (sulfide) groups is 1. The quantitative estimate of drug-likeness (QED) is 0.710. The Morgan fingerprint density at radius 1 is 1.05 bits per heavy atom. The van der Waals surface area contributed by atoms with Crippen molar-refractivity contribution in [2.75, 3.05) is 0 Å². The second kappa shape index (κ2) is 8.64. The van der Waals surface area contributed by atoms with Crippen molar-refractivity contribution in [2.45, 2.75) is 42.8 Å². The minimum atomic E-state index is -0.760. The van der Waals surface area contributed by atoms with E-state index >= 15 is 0 Å². The first-order valence-corrected chi connectivity index (χ1v) is 8.59. The van der Waals surface area contributed by atoms with Crippen LogP contribution in [0.2, 0.25) is 0 Å². The van der Waals surface area contributed by atoms with Crippen LogP contribution in [0.25, 0.3) is 0 Å². The molecule has 3 heteroatoms. The van der Waals surface area contributed by atoms with Crippen LogP contribution in [0.4, 0.5) is 0 Å². The van der Waals surface area contributed by atoms with E-state index in [1.54, 1.807) is 0 Å². The lowest BCUT2D eigenvalue weighted by Crippen LogP contribution is -2.19. The minimum Gasteiger partial charge on any atom is -0.480 e. The fourth-order valence-corrected chi connectivity index (χ4v) is 3.30. The average Bonchev–Trinajstić information content (AvgIpc) is 2.54. The van der Waals surface area contributed by atoms with Gasteiger partial charge in [0.05, 0.1) is 0 Å². The van der Waals surface area contributed by atoms with Crippen LogP contribution in [0, 0.1) is 0 Å². The topological polar surface area (TPSA) is 37.3 Å². The molecule has 0 aliphatic carbocycles. The molecule has 0 aromatic heterocycles. The first-order valence-electron chi connectivity index (χ1n) is 7.71. The van der Waals surface area contributed by atoms with Crippen molar-refractivity contribution in [3.05, 3.63) is 65.7 Å². The summed E-state index contributed by atoms with van der Waals surface area (Å²) < 4.78 is 0. The lowest BCUT2D eigenvalue weighted by molar-refractivity contribution is -0.136. The summed E-state index contributed by atoms with van der Waals surface area (Å²) in [6.07, 6.45) is 4.03. The van der Waals surface area contributed by atoms with Gasteiger partial charge in [0.2, 0.25) is 0 Å². The van der Waals surface area contributed by atoms with Gasteiger partial charge in [0.15, 0.2) is 0 Å². The van der Waals surface area contributed by atoms with E-state index in [4.69, 9.17) is 0 Å². The third-order valence-electron chi connectivity index (χ3n) is 3.56. The fourth-order valence-electron chi connectivity index (χ4n) is 2.28. The molecule has 1 N–H and O–H groups in total. The van der Waals surface area contributed by atoms with Gasteiger partial charge in [0.25, 0.3) is 0 Å². The Kier molecular flexibility index (Phi) is 6.53. The lowest BCUT2D eigenvalue weighted by Gasteiger charge is -2.12. The molecule has 0 saturated heterocycles. The van der Waals surface area contributed by atoms with Gasteiger partial charge in [-0.25, -0.2) is 0 Å². The lowest BCUT2D eigenvalue weighted by atomic mass is 10.0. The molecule has 2 nitrogen and oxygen atoms in total. The van der Waals surface area contributed by atoms with Crippen molar-refractivity contribution in [3.8, 4) is 0 Å². The molecule has 0 amide bonds. The maximum absolute atomic E-state index is 11.5. The highest BCUT2D eigenvalue weighted by molar-refractivity contribution is 8.00. The summed E-state index contributed by atoms with van der Waals surface area (Å²) in [4.78, 5) is 12.5. The van der Waals surface area contributed by atoms with Crippen LogP contribution in [0.5, 0.6) is 0 Å². The molecule has 1 atom stereocenters. The van der Waals surface area contributed by atoms with E-state index in [-0.39, 0.29) is 0 Å². The number of aliphatic carboxylic acids is 1. The van der Waals surface area contributed by atoms with E-state index in [9.17, 15) is 9.90 Å². The highest BCUT2D eigenvalue weighted by Crippen LogP contribution is 2.26. The van der Waals surface area contributed by atoms with Crippen molar-refractivity contribution in [1.29, 1.82) is 0 Å². The maximum Gasteiger partial charge on any atom is 0.317 e. The van der Waals surface area contributed by atoms with Crippen molar-refractivity contribution in [3.63, 3.8) is 0 Å². The van der Waals surface area contributed by atoms with Gasteiger partial charge < -0.3 is 5.11 Å². The summed E-state index contributed by atoms with van der Waals surface area (Å²) in [6.45, 7) is 2.19. The highest BCUT2D eigenvalue weighted by atomic mass is 32.2. The van der Waals surface area contributed by atoms with Crippen molar-refractivity contribution >= 4 is 17.7 Å². The van der Waals surface area contributed by atoms with E-state index < -0.39 is 11.2 Å². The van der Waals surface area contributed by atoms with E-state index in [1.165, 1.54) is 30.2 Å². The Morgan fingerprint density at radius 2 is 1.68 bits per heavy atom. The first kappa shape index (κ1) is 16.6. The molecular formula is C19H22O2S. The second-order valence-electron chi connectivity index (χ2n) is 5.38. The van der Waals surface area contributed by atoms with Crippen LogP contribution in [0.1, 0.15) is 30.9 Å². The van der Waals surface area contributed by atoms with Crippen LogP contribution in [-0.4, -0.2) is 16.3 Å². The van der Waals surface area contributed by atoms with Gasteiger partial charge >= 0.3 is 5.97 Å². The largest absolute Gasteiger partial charge is 0.480 e. The molecule has 2 rings (SSSR count). The van der Waals surface area contributed by atoms with Crippen LogP contribution < -0.4 is 0 Å². The third-order valence-corrected chi connectivity index (χ3v) is 4.76. The van der Waals surface area contributed by atoms with Gasteiger partial charge in [-0.15, -0.1) is 11.8 Å². The SMILES string of the molecule is CCCCc1ccc(CC(Sc2ccccc2)C(=O)O)cc1. The zero-order valence-electron chi connectivity index (χ0n) is 12.9. The average molecular weight is 314 g/mol. The third kappa shape index (κ3) is 5.23. The van der Waals surface area contributed by atoms with E-state index in [0.717, 1.165) is 16.9 Å². The van der Waals surface area contributed by atoms with Crippen LogP contribution in [-0.2, 0) is 17.6 Å². The molecule has 0 aliphatic rings. The van der Waals surface area contributed by atoms with Crippen LogP contribution in [0.15, 0.2) is 59.5 Å². The van der Waals surface area contributed by atoms with Gasteiger partial charge in [-0.1, -0.05) is 55.8 Å². The fraction of sp³-hybridized carbons (Fsp3) is 0.316. The molecule has 0 heterocycles. The molecule has 2 aromatic carbocycles. The molecule has 0 bridgehead atoms. The van der Waals surface area contributed by atoms with Crippen molar-refractivity contribution in [2.24, 2.45) is 0 Å². The molecule has 2 aromatic rings. The van der Waals surface area contributed by atoms with Crippen LogP contribution >= 0.6 is 11.8 Å². The van der Waals surface area contributed by atoms with Gasteiger partial charge in [-0.05, 0) is 42.5 Å². The summed E-state index contributed by atoms with van der Waals surface area (Å²) >= 11 is 1.41. The Bertz CT molecular complexity index is 578. The first-order chi connectivity index (χ1) is 10.7. The molecule has 0 fully saturated rings. The molecule has 1 unspecified atom stereocenters. The summed E-state index contributed by atoms with van der Waals surface area (Å²) in [5.41, 5.74) is 2.41. The zero-order valence-corrected chi connectivity index (χ0v) is 13.7. The number of hydrogen-bond donors (Lipinski definition) is 1. The Labute approximate surface area is 136 Å². The van der Waals surface area contributed by atoms with E-state index in [1.807, 2.05) is 30.3 Å². The summed E-state index contributed by atoms with van der Waals surface area (Å²) in [5.74, 6) is -0.760. The Hall–Kier alpha value is -1.74. The number of carboxylic acids is 1. The van der Waals surface area contributed by atoms with Gasteiger partial charge in [-0.2, -0.15) is 0 Å². The molecule has 0 radical (unpaired) electrons. The summed E-state index contributed by atoms with van der Waals surface area (Å²) in [6, 6.07) is 18.1. The maximum atomic E-state index is 11.5. The molecular weight excluding hydrogens is 292 g/mol. The van der Waals surface area contributed by atoms with Crippen molar-refractivity contribution < 1.29 is 9.90 Å². The minimum absolute atomic E-state index is 0.455. The predicted octanol–water partition coefficient (Wildman–Crippen LogP) is 4.82. The van der Waals surface area contributed by atoms with E-state index in [0.29, 0.717) is 6.42 Å². The van der Waals surface area contributed by atoms with Gasteiger partial charge in [0.1, 0.15) is 5.25 Å². The molecule has 0 aliphatic heterocycles. The van der Waals surface area contributed by atoms with E-state index in [2.05, 4.69) is 31.2 Å². The predicted molar refractivity (Wildman–Crippen MR) is 92.5 cm³/mol. The van der Waals surface area contributed by atoms with Gasteiger partial charge in [0, 0.05) is 4.90 Å². The Balaban J connectivity index is 2.00. The van der Waals surface area contributed by atoms with Crippen LogP contribution in [0.3, 0.4) is 0 Å². The molecule has 116 valence electrons. The summed E-state index contributed by atoms with van der Waals surface area (Å²) in [5, 5.41) is 8.99. The number of hydrogen-bond acceptors (Lipinski definition) is 2. The standard InChI is InChI=1S/C19H22O2S/c1-2-3-7-15-10-12-16(13-11-15)14-18(19(20)21)22-17-8-5-4-6-9-17/h4-6,8-13,18H,2-3,7,14H2,1H3,(H,20,21). The molecule has 0 saturated carbocycles. The number of rotatable bonds is 8. The number of benzene rings is 2. The van der Waals surface area contributed by atoms with Crippen molar-refractivity contribution in [1.82, 2.24) is 0 Å². The summed E-state index contributed by atoms with van der Waals surface area (Å²) in [7, 11) is 0. The monoisotopic (exact) mass is 314 g/mol. The number of carboxylic acid groups (broad SMARTS) is 1. The zero-order chi connectivity index (χ0) is 15.8. The number of unbranched alkanes of at least 4 members (excludes halogenated alkanes) is 1. The normalized spacial score (nSPS) is 12.0. The number of carbonyl (C=O) groups is 1. The highest BCUT2D eigenvalue weighted by Gasteiger charge is 2.19. The van der Waals surface area contributed by atoms with Gasteiger partial charge in [-0.3, -0.25) is 4.79 Å². The second-order valence-corrected chi connectivity index (χ2v) is 6.66. The molecule has 22 heavy (non-hydrogen) atoms. The number of aryl methyl sites for hydroxylation is 1. The molecule has 0 spiro atoms. The Morgan fingerprint density at radius 3 is 2.27 bits per heavy atom. The smallest absolute Gasteiger partial charge is 0.317 e.